The summed E-state index contributed by atoms with van der Waals surface area (Å²) in [6, 6.07) is 6.90. The topological polar surface area (TPSA) is 120 Å². The van der Waals surface area contributed by atoms with Gasteiger partial charge in [0.2, 0.25) is 0 Å². The Kier molecular flexibility index (Phi) is 7.24. The number of aromatic nitrogens is 2. The van der Waals surface area contributed by atoms with E-state index in [1.807, 2.05) is 13.8 Å². The average Bonchev–Trinajstić information content (AvgIpc) is 3.54. The molecule has 0 amide bonds. The zero-order valence-corrected chi connectivity index (χ0v) is 22.3. The molecule has 3 saturated heterocycles. The van der Waals surface area contributed by atoms with Gasteiger partial charge in [-0.05, 0) is 45.2 Å². The summed E-state index contributed by atoms with van der Waals surface area (Å²) in [6.07, 6.45) is 2.84. The molecule has 0 aliphatic carbocycles. The van der Waals surface area contributed by atoms with Crippen LogP contribution in [0.25, 0.3) is 0 Å². The molecule has 10 nitrogen and oxygen atoms in total. The second-order valence-electron chi connectivity index (χ2n) is 9.74. The molecule has 2 aromatic rings. The molecule has 0 bridgehead atoms. The summed E-state index contributed by atoms with van der Waals surface area (Å²) in [5, 5.41) is 0. The second kappa shape index (κ2) is 10.1. The predicted octanol–water partition coefficient (Wildman–Crippen LogP) is 2.80. The maximum Gasteiger partial charge on any atom is 0.330 e. The molecule has 1 aromatic carbocycles. The van der Waals surface area contributed by atoms with Gasteiger partial charge in [-0.2, -0.15) is 0 Å². The van der Waals surface area contributed by atoms with Crippen LogP contribution in [0.5, 0.6) is 0 Å². The van der Waals surface area contributed by atoms with Crippen molar-refractivity contribution in [1.82, 2.24) is 14.2 Å². The Morgan fingerprint density at radius 2 is 1.92 bits per heavy atom. The van der Waals surface area contributed by atoms with Gasteiger partial charge in [-0.15, -0.1) is 0 Å². The largest absolute Gasteiger partial charge is 0.352 e. The summed E-state index contributed by atoms with van der Waals surface area (Å²) in [4.78, 5) is 26.8. The molecule has 3 fully saturated rings. The van der Waals surface area contributed by atoms with Crippen LogP contribution in [0.1, 0.15) is 50.0 Å². The number of benzene rings is 1. The van der Waals surface area contributed by atoms with Crippen molar-refractivity contribution < 1.29 is 22.2 Å². The maximum absolute atomic E-state index is 13.1. The zero-order chi connectivity index (χ0) is 25.6. The van der Waals surface area contributed by atoms with E-state index in [2.05, 4.69) is 9.65 Å². The van der Waals surface area contributed by atoms with E-state index in [0.717, 1.165) is 24.9 Å². The van der Waals surface area contributed by atoms with Crippen molar-refractivity contribution >= 4 is 18.4 Å². The minimum atomic E-state index is -3.51. The van der Waals surface area contributed by atoms with Crippen LogP contribution in [0.4, 0.5) is 0 Å². The lowest BCUT2D eigenvalue weighted by Gasteiger charge is -2.25. The van der Waals surface area contributed by atoms with E-state index in [0.29, 0.717) is 23.3 Å². The van der Waals surface area contributed by atoms with E-state index in [9.17, 15) is 18.0 Å². The molecule has 196 valence electrons. The van der Waals surface area contributed by atoms with E-state index in [1.165, 1.54) is 10.8 Å². The Morgan fingerprint density at radius 1 is 1.17 bits per heavy atom. The standard InChI is InChI=1S/C24H32N3O7PS/c1-4-19-20(12-22(32-19)26-13-16(3)23(28)25-24(26)29)33-35-27-11-5-6-18(27)21(34-35)14-36(30,31)17-9-7-15(2)8-10-17/h7-10,13,18-22H,4-6,11-12,14H2,1-3H3,(H,25,28,29)/t18-,19+,20+,21+,22+,35-/m0/s1. The fourth-order valence-electron chi connectivity index (χ4n) is 5.15. The number of sulfone groups is 1. The molecule has 5 rings (SSSR count). The lowest BCUT2D eigenvalue weighted by atomic mass is 10.1. The molecule has 3 aliphatic rings. The van der Waals surface area contributed by atoms with Crippen molar-refractivity contribution in [2.45, 2.75) is 81.9 Å². The van der Waals surface area contributed by atoms with Crippen LogP contribution >= 0.6 is 8.53 Å². The molecule has 0 spiro atoms. The highest BCUT2D eigenvalue weighted by Crippen LogP contribution is 2.58. The second-order valence-corrected chi connectivity index (χ2v) is 13.2. The predicted molar refractivity (Wildman–Crippen MR) is 135 cm³/mol. The van der Waals surface area contributed by atoms with Crippen molar-refractivity contribution in [3.8, 4) is 0 Å². The summed E-state index contributed by atoms with van der Waals surface area (Å²) in [7, 11) is -4.97. The third kappa shape index (κ3) is 4.97. The lowest BCUT2D eigenvalue weighted by Crippen LogP contribution is -2.33. The van der Waals surface area contributed by atoms with Gasteiger partial charge in [0.1, 0.15) is 6.23 Å². The number of hydrogen-bond donors (Lipinski definition) is 1. The SMILES string of the molecule is CC[C@H]1O[C@@H](n2cc(C)c(=O)[nH]c2=O)C[C@H]1O[P@@]1O[C@H](CS(=O)(=O)c2ccc(C)cc2)[C@@H]2CCCN21. The molecule has 0 radical (unpaired) electrons. The van der Waals surface area contributed by atoms with Gasteiger partial charge in [0, 0.05) is 30.8 Å². The number of rotatable bonds is 7. The van der Waals surface area contributed by atoms with Gasteiger partial charge < -0.3 is 13.8 Å². The molecule has 0 saturated carbocycles. The van der Waals surface area contributed by atoms with Crippen molar-refractivity contribution in [3.05, 3.63) is 62.4 Å². The monoisotopic (exact) mass is 537 g/mol. The third-order valence-electron chi connectivity index (χ3n) is 7.16. The molecular formula is C24H32N3O7PS. The minimum absolute atomic E-state index is 0.000929. The molecule has 6 atom stereocenters. The molecule has 3 aliphatic heterocycles. The van der Waals surface area contributed by atoms with Crippen molar-refractivity contribution in [3.63, 3.8) is 0 Å². The Morgan fingerprint density at radius 3 is 2.64 bits per heavy atom. The highest BCUT2D eigenvalue weighted by atomic mass is 32.2. The lowest BCUT2D eigenvalue weighted by molar-refractivity contribution is -0.0189. The van der Waals surface area contributed by atoms with Crippen LogP contribution in [0.15, 0.2) is 44.9 Å². The molecule has 1 aromatic heterocycles. The first-order valence-electron chi connectivity index (χ1n) is 12.3. The molecular weight excluding hydrogens is 505 g/mol. The Labute approximate surface area is 211 Å². The summed E-state index contributed by atoms with van der Waals surface area (Å²) in [5.41, 5.74) is 0.502. The Bertz CT molecular complexity index is 1330. The van der Waals surface area contributed by atoms with Crippen molar-refractivity contribution in [2.75, 3.05) is 12.3 Å². The van der Waals surface area contributed by atoms with E-state index in [1.54, 1.807) is 31.2 Å². The van der Waals surface area contributed by atoms with Crippen molar-refractivity contribution in [1.29, 1.82) is 0 Å². The first kappa shape index (κ1) is 25.8. The van der Waals surface area contributed by atoms with Gasteiger partial charge in [0.25, 0.3) is 14.1 Å². The highest BCUT2D eigenvalue weighted by Gasteiger charge is 2.50. The number of hydrogen-bond acceptors (Lipinski definition) is 8. The number of ether oxygens (including phenoxy) is 1. The average molecular weight is 538 g/mol. The molecule has 12 heteroatoms. The maximum atomic E-state index is 13.1. The van der Waals surface area contributed by atoms with E-state index >= 15 is 0 Å². The number of H-pyrrole nitrogens is 1. The normalized spacial score (nSPS) is 30.6. The van der Waals surface area contributed by atoms with Crippen LogP contribution < -0.4 is 11.2 Å². The molecule has 4 heterocycles. The summed E-state index contributed by atoms with van der Waals surface area (Å²) < 4.78 is 48.7. The number of fused-ring (bicyclic) bond motifs is 1. The molecule has 1 N–H and O–H groups in total. The van der Waals surface area contributed by atoms with Crippen LogP contribution in [0.3, 0.4) is 0 Å². The quantitative estimate of drug-likeness (QED) is 0.536. The smallest absolute Gasteiger partial charge is 0.330 e. The highest BCUT2D eigenvalue weighted by molar-refractivity contribution is 7.91. The van der Waals surface area contributed by atoms with Crippen LogP contribution in [-0.4, -0.2) is 59.3 Å². The number of nitrogens with zero attached hydrogens (tertiary/aromatic N) is 2. The van der Waals surface area contributed by atoms with E-state index in [-0.39, 0.29) is 24.0 Å². The molecule has 0 unspecified atom stereocenters. The minimum Gasteiger partial charge on any atom is -0.352 e. The number of aryl methyl sites for hydroxylation is 2. The van der Waals surface area contributed by atoms with Gasteiger partial charge in [0.15, 0.2) is 9.84 Å². The number of nitrogens with one attached hydrogen (secondary N) is 1. The van der Waals surface area contributed by atoms with E-state index < -0.39 is 41.9 Å². The fraction of sp³-hybridized carbons (Fsp3) is 0.583. The van der Waals surface area contributed by atoms with Crippen LogP contribution in [0.2, 0.25) is 0 Å². The van der Waals surface area contributed by atoms with Gasteiger partial charge in [-0.25, -0.2) is 17.9 Å². The summed E-state index contributed by atoms with van der Waals surface area (Å²) >= 11 is 0. The van der Waals surface area contributed by atoms with Gasteiger partial charge in [0.05, 0.1) is 29.0 Å². The first-order chi connectivity index (χ1) is 17.2. The zero-order valence-electron chi connectivity index (χ0n) is 20.6. The first-order valence-corrected chi connectivity index (χ1v) is 15.1. The van der Waals surface area contributed by atoms with Gasteiger partial charge in [-0.1, -0.05) is 24.6 Å². The summed E-state index contributed by atoms with van der Waals surface area (Å²) in [6.45, 7) is 6.35. The third-order valence-corrected chi connectivity index (χ3v) is 10.7. The van der Waals surface area contributed by atoms with Gasteiger partial charge in [-0.3, -0.25) is 14.3 Å². The van der Waals surface area contributed by atoms with E-state index in [4.69, 9.17) is 13.8 Å². The molecule has 36 heavy (non-hydrogen) atoms. The van der Waals surface area contributed by atoms with Crippen LogP contribution in [0, 0.1) is 13.8 Å². The van der Waals surface area contributed by atoms with Crippen LogP contribution in [-0.2, 0) is 23.6 Å². The Balaban J connectivity index is 1.31. The fourth-order valence-corrected chi connectivity index (χ4v) is 8.72. The summed E-state index contributed by atoms with van der Waals surface area (Å²) in [5.74, 6) is -0.0908. The van der Waals surface area contributed by atoms with Crippen molar-refractivity contribution in [2.24, 2.45) is 0 Å². The Hall–Kier alpha value is -1.88. The van der Waals surface area contributed by atoms with Gasteiger partial charge >= 0.3 is 5.69 Å². The number of aromatic amines is 1.